The summed E-state index contributed by atoms with van der Waals surface area (Å²) in [6, 6.07) is 0. The number of hydrogen-bond acceptors (Lipinski definition) is 3. The maximum absolute atomic E-state index is 12.2. The van der Waals surface area contributed by atoms with Gasteiger partial charge >= 0.3 is 0 Å². The maximum atomic E-state index is 12.2. The number of imidazole rings is 1. The summed E-state index contributed by atoms with van der Waals surface area (Å²) < 4.78 is 1.98. The Bertz CT molecular complexity index is 427. The van der Waals surface area contributed by atoms with Crippen molar-refractivity contribution in [1.29, 1.82) is 0 Å². The number of piperazine rings is 1. The van der Waals surface area contributed by atoms with E-state index in [4.69, 9.17) is 0 Å². The maximum Gasteiger partial charge on any atom is 0.242 e. The lowest BCUT2D eigenvalue weighted by Gasteiger charge is -2.28. The minimum Gasteiger partial charge on any atom is -0.339 e. The van der Waals surface area contributed by atoms with Crippen molar-refractivity contribution in [3.63, 3.8) is 0 Å². The minimum absolute atomic E-state index is 0.189. The van der Waals surface area contributed by atoms with Gasteiger partial charge in [-0.1, -0.05) is 20.8 Å². The van der Waals surface area contributed by atoms with Gasteiger partial charge in [-0.25, -0.2) is 4.98 Å². The highest BCUT2D eigenvalue weighted by molar-refractivity contribution is 5.76. The molecule has 2 rings (SSSR count). The quantitative estimate of drug-likeness (QED) is 0.882. The van der Waals surface area contributed by atoms with Crippen molar-refractivity contribution < 1.29 is 4.79 Å². The van der Waals surface area contributed by atoms with Crippen molar-refractivity contribution in [2.75, 3.05) is 26.2 Å². The van der Waals surface area contributed by atoms with E-state index in [1.54, 1.807) is 6.33 Å². The first kappa shape index (κ1) is 14.1. The molecule has 0 aliphatic carbocycles. The second kappa shape index (κ2) is 5.74. The summed E-state index contributed by atoms with van der Waals surface area (Å²) in [5, 5.41) is 3.26. The molecule has 1 aliphatic heterocycles. The first-order valence-electron chi connectivity index (χ1n) is 6.93. The highest BCUT2D eigenvalue weighted by Crippen LogP contribution is 2.20. The molecule has 0 radical (unpaired) electrons. The summed E-state index contributed by atoms with van der Waals surface area (Å²) in [6.07, 6.45) is 4.57. The number of rotatable bonds is 3. The third kappa shape index (κ3) is 4.06. The summed E-state index contributed by atoms with van der Waals surface area (Å²) in [4.78, 5) is 18.3. The van der Waals surface area contributed by atoms with Gasteiger partial charge in [-0.15, -0.1) is 0 Å². The molecule has 0 bridgehead atoms. The molecule has 2 heterocycles. The van der Waals surface area contributed by atoms with E-state index in [0.717, 1.165) is 38.3 Å². The Labute approximate surface area is 115 Å². The van der Waals surface area contributed by atoms with Crippen LogP contribution in [0.3, 0.4) is 0 Å². The topological polar surface area (TPSA) is 50.2 Å². The van der Waals surface area contributed by atoms with E-state index in [9.17, 15) is 4.79 Å². The molecule has 0 unspecified atom stereocenters. The van der Waals surface area contributed by atoms with Crippen LogP contribution in [0.15, 0.2) is 12.5 Å². The van der Waals surface area contributed by atoms with Crippen molar-refractivity contribution in [3.05, 3.63) is 18.2 Å². The Morgan fingerprint density at radius 2 is 2.05 bits per heavy atom. The summed E-state index contributed by atoms with van der Waals surface area (Å²) in [7, 11) is 0. The summed E-state index contributed by atoms with van der Waals surface area (Å²) in [6.45, 7) is 10.4. The summed E-state index contributed by atoms with van der Waals surface area (Å²) in [5.74, 6) is 0.189. The zero-order valence-corrected chi connectivity index (χ0v) is 12.1. The van der Waals surface area contributed by atoms with E-state index in [0.29, 0.717) is 6.54 Å². The van der Waals surface area contributed by atoms with Crippen LogP contribution in [-0.4, -0.2) is 46.5 Å². The Kier molecular flexibility index (Phi) is 4.24. The van der Waals surface area contributed by atoms with Crippen LogP contribution in [0, 0.1) is 5.41 Å². The zero-order valence-electron chi connectivity index (χ0n) is 12.1. The zero-order chi connectivity index (χ0) is 13.9. The predicted octanol–water partition coefficient (Wildman–Crippen LogP) is 0.903. The molecule has 1 N–H and O–H groups in total. The van der Waals surface area contributed by atoms with Gasteiger partial charge in [0.05, 0.1) is 6.33 Å². The fraction of sp³-hybridized carbons (Fsp3) is 0.714. The molecule has 0 spiro atoms. The van der Waals surface area contributed by atoms with Gasteiger partial charge < -0.3 is 14.8 Å². The van der Waals surface area contributed by atoms with Crippen LogP contribution in [0.1, 0.15) is 26.5 Å². The molecule has 1 aromatic rings. The molecule has 0 saturated carbocycles. The van der Waals surface area contributed by atoms with Gasteiger partial charge in [0, 0.05) is 38.1 Å². The number of nitrogens with one attached hydrogen (secondary N) is 1. The van der Waals surface area contributed by atoms with Crippen LogP contribution in [0.25, 0.3) is 0 Å². The number of nitrogens with zero attached hydrogens (tertiary/aromatic N) is 3. The lowest BCUT2D eigenvalue weighted by Crippen LogP contribution is -2.47. The molecule has 1 saturated heterocycles. The van der Waals surface area contributed by atoms with E-state index in [2.05, 4.69) is 31.1 Å². The summed E-state index contributed by atoms with van der Waals surface area (Å²) >= 11 is 0. The Morgan fingerprint density at radius 1 is 1.37 bits per heavy atom. The van der Waals surface area contributed by atoms with Crippen molar-refractivity contribution in [2.45, 2.75) is 33.7 Å². The molecule has 1 aliphatic rings. The lowest BCUT2D eigenvalue weighted by molar-refractivity contribution is -0.132. The molecule has 106 valence electrons. The highest BCUT2D eigenvalue weighted by atomic mass is 16.2. The average molecular weight is 264 g/mol. The van der Waals surface area contributed by atoms with E-state index >= 15 is 0 Å². The minimum atomic E-state index is 0.189. The van der Waals surface area contributed by atoms with Gasteiger partial charge in [-0.2, -0.15) is 0 Å². The van der Waals surface area contributed by atoms with Crippen LogP contribution < -0.4 is 5.32 Å². The molecule has 19 heavy (non-hydrogen) atoms. The number of hydrogen-bond donors (Lipinski definition) is 1. The molecular weight excluding hydrogens is 240 g/mol. The number of carbonyl (C=O) groups is 1. The van der Waals surface area contributed by atoms with E-state index in [1.807, 2.05) is 15.7 Å². The Hall–Kier alpha value is -1.36. The van der Waals surface area contributed by atoms with Gasteiger partial charge in [0.1, 0.15) is 6.54 Å². The van der Waals surface area contributed by atoms with Crippen molar-refractivity contribution in [1.82, 2.24) is 19.8 Å². The van der Waals surface area contributed by atoms with Crippen molar-refractivity contribution in [3.8, 4) is 0 Å². The van der Waals surface area contributed by atoms with Gasteiger partial charge in [-0.3, -0.25) is 4.79 Å². The molecule has 5 nitrogen and oxygen atoms in total. The molecule has 1 fully saturated rings. The molecular formula is C14H24N4O. The Morgan fingerprint density at radius 3 is 2.68 bits per heavy atom. The van der Waals surface area contributed by atoms with E-state index < -0.39 is 0 Å². The smallest absolute Gasteiger partial charge is 0.242 e. The van der Waals surface area contributed by atoms with Gasteiger partial charge in [0.15, 0.2) is 0 Å². The molecule has 0 aromatic carbocycles. The largest absolute Gasteiger partial charge is 0.339 e. The second-order valence-electron chi connectivity index (χ2n) is 6.38. The molecule has 5 heteroatoms. The first-order valence-corrected chi connectivity index (χ1v) is 6.93. The molecule has 1 aromatic heterocycles. The standard InChI is InChI=1S/C14H24N4O/c1-14(2,3)8-12-9-16-11-18(12)10-13(19)17-6-4-15-5-7-17/h9,11,15H,4-8,10H2,1-3H3. The van der Waals surface area contributed by atoms with Crippen LogP contribution in [-0.2, 0) is 17.8 Å². The fourth-order valence-corrected chi connectivity index (χ4v) is 2.34. The van der Waals surface area contributed by atoms with Crippen LogP contribution in [0.2, 0.25) is 0 Å². The monoisotopic (exact) mass is 264 g/mol. The number of amides is 1. The number of aromatic nitrogens is 2. The van der Waals surface area contributed by atoms with Crippen molar-refractivity contribution >= 4 is 5.91 Å². The Balaban J connectivity index is 1.98. The molecule has 1 amide bonds. The number of carbonyl (C=O) groups excluding carboxylic acids is 1. The van der Waals surface area contributed by atoms with Crippen LogP contribution in [0.4, 0.5) is 0 Å². The van der Waals surface area contributed by atoms with E-state index in [-0.39, 0.29) is 11.3 Å². The fourth-order valence-electron chi connectivity index (χ4n) is 2.34. The van der Waals surface area contributed by atoms with Crippen LogP contribution >= 0.6 is 0 Å². The molecule has 0 atom stereocenters. The third-order valence-electron chi connectivity index (χ3n) is 3.29. The second-order valence-corrected chi connectivity index (χ2v) is 6.38. The SMILES string of the molecule is CC(C)(C)Cc1cncn1CC(=O)N1CCNCC1. The lowest BCUT2D eigenvalue weighted by atomic mass is 9.91. The van der Waals surface area contributed by atoms with Crippen LogP contribution in [0.5, 0.6) is 0 Å². The summed E-state index contributed by atoms with van der Waals surface area (Å²) in [5.41, 5.74) is 1.34. The van der Waals surface area contributed by atoms with Gasteiger partial charge in [-0.05, 0) is 11.8 Å². The average Bonchev–Trinajstić information content (AvgIpc) is 2.75. The highest BCUT2D eigenvalue weighted by Gasteiger charge is 2.19. The normalized spacial score (nSPS) is 16.7. The van der Waals surface area contributed by atoms with Gasteiger partial charge in [0.25, 0.3) is 0 Å². The van der Waals surface area contributed by atoms with Crippen molar-refractivity contribution in [2.24, 2.45) is 5.41 Å². The predicted molar refractivity (Wildman–Crippen MR) is 74.8 cm³/mol. The first-order chi connectivity index (χ1) is 8.96. The third-order valence-corrected chi connectivity index (χ3v) is 3.29. The van der Waals surface area contributed by atoms with Gasteiger partial charge in [0.2, 0.25) is 5.91 Å². The van der Waals surface area contributed by atoms with E-state index in [1.165, 1.54) is 0 Å².